The maximum atomic E-state index is 10.7. The molecule has 0 unspecified atom stereocenters. The van der Waals surface area contributed by atoms with Gasteiger partial charge in [0.05, 0.1) is 16.7 Å². The highest BCUT2D eigenvalue weighted by Gasteiger charge is 2.09. The Morgan fingerprint density at radius 2 is 2.29 bits per heavy atom. The molecular formula is C10H8N4O2S. The average Bonchev–Trinajstić information content (AvgIpc) is 2.82. The smallest absolute Gasteiger partial charge is 0.258 e. The van der Waals surface area contributed by atoms with Crippen molar-refractivity contribution in [3.63, 3.8) is 0 Å². The fourth-order valence-corrected chi connectivity index (χ4v) is 1.68. The number of nitrogens with one attached hydrogen (secondary N) is 1. The number of benzene rings is 1. The van der Waals surface area contributed by atoms with Crippen LogP contribution < -0.4 is 5.43 Å². The van der Waals surface area contributed by atoms with Gasteiger partial charge in [0.2, 0.25) is 5.13 Å². The maximum Gasteiger partial charge on any atom is 0.278 e. The topological polar surface area (TPSA) is 80.4 Å². The number of hydrogen-bond donors (Lipinski definition) is 1. The lowest BCUT2D eigenvalue weighted by molar-refractivity contribution is -0.385. The third-order valence-corrected chi connectivity index (χ3v) is 2.61. The number of hydrazone groups is 1. The Bertz CT molecular complexity index is 539. The SMILES string of the molecule is O=[N+]([O-])c1ccccc1C=NNc1nccs1. The maximum absolute atomic E-state index is 10.7. The highest BCUT2D eigenvalue weighted by molar-refractivity contribution is 7.13. The molecule has 0 aliphatic carbocycles. The summed E-state index contributed by atoms with van der Waals surface area (Å²) in [5.74, 6) is 0. The summed E-state index contributed by atoms with van der Waals surface area (Å²) in [6, 6.07) is 6.40. The molecule has 0 saturated heterocycles. The summed E-state index contributed by atoms with van der Waals surface area (Å²) < 4.78 is 0. The largest absolute Gasteiger partial charge is 0.278 e. The molecule has 0 aliphatic rings. The summed E-state index contributed by atoms with van der Waals surface area (Å²) in [5, 5.41) is 17.1. The van der Waals surface area contributed by atoms with Crippen LogP contribution in [0.25, 0.3) is 0 Å². The molecule has 0 spiro atoms. The molecule has 86 valence electrons. The van der Waals surface area contributed by atoms with Gasteiger partial charge in [0.15, 0.2) is 0 Å². The lowest BCUT2D eigenvalue weighted by Gasteiger charge is -1.96. The Kier molecular flexibility index (Phi) is 3.41. The van der Waals surface area contributed by atoms with E-state index in [1.807, 2.05) is 5.38 Å². The first-order valence-corrected chi connectivity index (χ1v) is 5.57. The van der Waals surface area contributed by atoms with Crippen molar-refractivity contribution >= 4 is 28.4 Å². The van der Waals surface area contributed by atoms with Crippen molar-refractivity contribution in [2.24, 2.45) is 5.10 Å². The quantitative estimate of drug-likeness (QED) is 0.512. The van der Waals surface area contributed by atoms with Crippen molar-refractivity contribution in [1.29, 1.82) is 0 Å². The fraction of sp³-hybridized carbons (Fsp3) is 0. The van der Waals surface area contributed by atoms with E-state index in [0.29, 0.717) is 10.7 Å². The predicted octanol–water partition coefficient (Wildman–Crippen LogP) is 2.50. The van der Waals surface area contributed by atoms with E-state index in [1.54, 1.807) is 24.4 Å². The third-order valence-electron chi connectivity index (χ3n) is 1.93. The summed E-state index contributed by atoms with van der Waals surface area (Å²) in [7, 11) is 0. The lowest BCUT2D eigenvalue weighted by Crippen LogP contribution is -1.95. The Morgan fingerprint density at radius 1 is 1.47 bits per heavy atom. The predicted molar refractivity (Wildman–Crippen MR) is 66.4 cm³/mol. The number of nitro groups is 1. The molecule has 0 radical (unpaired) electrons. The van der Waals surface area contributed by atoms with Crippen LogP contribution in [0.15, 0.2) is 40.9 Å². The van der Waals surface area contributed by atoms with Crippen LogP contribution >= 0.6 is 11.3 Å². The molecule has 0 aliphatic heterocycles. The van der Waals surface area contributed by atoms with Gasteiger partial charge in [0, 0.05) is 17.6 Å². The summed E-state index contributed by atoms with van der Waals surface area (Å²) >= 11 is 1.40. The van der Waals surface area contributed by atoms with Crippen molar-refractivity contribution in [2.75, 3.05) is 5.43 Å². The second-order valence-corrected chi connectivity index (χ2v) is 3.92. The minimum absolute atomic E-state index is 0.0252. The van der Waals surface area contributed by atoms with Gasteiger partial charge in [-0.1, -0.05) is 12.1 Å². The zero-order valence-electron chi connectivity index (χ0n) is 8.61. The zero-order valence-corrected chi connectivity index (χ0v) is 9.42. The molecule has 17 heavy (non-hydrogen) atoms. The van der Waals surface area contributed by atoms with E-state index >= 15 is 0 Å². The minimum atomic E-state index is -0.440. The number of thiazole rings is 1. The van der Waals surface area contributed by atoms with Gasteiger partial charge in [-0.25, -0.2) is 4.98 Å². The number of nitrogens with zero attached hydrogens (tertiary/aromatic N) is 3. The van der Waals surface area contributed by atoms with E-state index in [2.05, 4.69) is 15.5 Å². The van der Waals surface area contributed by atoms with Crippen LogP contribution in [0.4, 0.5) is 10.8 Å². The van der Waals surface area contributed by atoms with Crippen LogP contribution in [0.3, 0.4) is 0 Å². The molecule has 1 heterocycles. The van der Waals surface area contributed by atoms with Gasteiger partial charge in [0.25, 0.3) is 5.69 Å². The normalized spacial score (nSPS) is 10.6. The number of para-hydroxylation sites is 1. The van der Waals surface area contributed by atoms with Crippen LogP contribution in [0.5, 0.6) is 0 Å². The average molecular weight is 248 g/mol. The number of nitro benzene ring substituents is 1. The molecule has 0 amide bonds. The first kappa shape index (κ1) is 11.2. The van der Waals surface area contributed by atoms with E-state index in [9.17, 15) is 10.1 Å². The summed E-state index contributed by atoms with van der Waals surface area (Å²) in [6.45, 7) is 0. The van der Waals surface area contributed by atoms with E-state index in [0.717, 1.165) is 0 Å². The molecule has 0 atom stereocenters. The Labute approximate surface area is 101 Å². The van der Waals surface area contributed by atoms with Crippen molar-refractivity contribution < 1.29 is 4.92 Å². The summed E-state index contributed by atoms with van der Waals surface area (Å²) in [6.07, 6.45) is 3.05. The molecule has 1 N–H and O–H groups in total. The number of aromatic nitrogens is 1. The zero-order chi connectivity index (χ0) is 12.1. The molecule has 2 aromatic rings. The molecule has 7 heteroatoms. The van der Waals surface area contributed by atoms with Crippen molar-refractivity contribution in [1.82, 2.24) is 4.98 Å². The van der Waals surface area contributed by atoms with Gasteiger partial charge in [-0.15, -0.1) is 11.3 Å². The van der Waals surface area contributed by atoms with Crippen LogP contribution in [0.2, 0.25) is 0 Å². The monoisotopic (exact) mass is 248 g/mol. The number of anilines is 1. The molecule has 0 saturated carbocycles. The van der Waals surface area contributed by atoms with Crippen molar-refractivity contribution in [2.45, 2.75) is 0 Å². The number of hydrogen-bond acceptors (Lipinski definition) is 6. The minimum Gasteiger partial charge on any atom is -0.258 e. The van der Waals surface area contributed by atoms with E-state index in [-0.39, 0.29) is 5.69 Å². The molecule has 0 bridgehead atoms. The van der Waals surface area contributed by atoms with Crippen LogP contribution in [0.1, 0.15) is 5.56 Å². The van der Waals surface area contributed by atoms with Crippen molar-refractivity contribution in [3.8, 4) is 0 Å². The van der Waals surface area contributed by atoms with Gasteiger partial charge >= 0.3 is 0 Å². The van der Waals surface area contributed by atoms with Gasteiger partial charge in [0.1, 0.15) is 0 Å². The van der Waals surface area contributed by atoms with Gasteiger partial charge < -0.3 is 0 Å². The molecule has 1 aromatic heterocycles. The van der Waals surface area contributed by atoms with E-state index in [4.69, 9.17) is 0 Å². The van der Waals surface area contributed by atoms with Gasteiger partial charge in [-0.05, 0) is 6.07 Å². The Hall–Kier alpha value is -2.28. The van der Waals surface area contributed by atoms with Gasteiger partial charge in [-0.2, -0.15) is 5.10 Å². The van der Waals surface area contributed by atoms with E-state index < -0.39 is 4.92 Å². The van der Waals surface area contributed by atoms with Crippen LogP contribution in [-0.2, 0) is 0 Å². The molecule has 6 nitrogen and oxygen atoms in total. The summed E-state index contributed by atoms with van der Waals surface area (Å²) in [4.78, 5) is 14.3. The molecular weight excluding hydrogens is 240 g/mol. The second-order valence-electron chi connectivity index (χ2n) is 3.02. The fourth-order valence-electron chi connectivity index (χ4n) is 1.20. The summed E-state index contributed by atoms with van der Waals surface area (Å²) in [5.41, 5.74) is 3.16. The van der Waals surface area contributed by atoms with Gasteiger partial charge in [-0.3, -0.25) is 15.5 Å². The highest BCUT2D eigenvalue weighted by atomic mass is 32.1. The first-order chi connectivity index (χ1) is 8.27. The lowest BCUT2D eigenvalue weighted by atomic mass is 10.2. The Morgan fingerprint density at radius 3 is 3.00 bits per heavy atom. The molecule has 0 fully saturated rings. The first-order valence-electron chi connectivity index (χ1n) is 4.69. The van der Waals surface area contributed by atoms with E-state index in [1.165, 1.54) is 23.6 Å². The standard InChI is InChI=1S/C10H8N4O2S/c15-14(16)9-4-2-1-3-8(9)7-12-13-10-11-5-6-17-10/h1-7H,(H,11,13). The van der Waals surface area contributed by atoms with Crippen molar-refractivity contribution in [3.05, 3.63) is 51.5 Å². The van der Waals surface area contributed by atoms with Crippen LogP contribution in [-0.4, -0.2) is 16.1 Å². The van der Waals surface area contributed by atoms with Crippen LogP contribution in [0, 0.1) is 10.1 Å². The Balaban J connectivity index is 2.13. The third kappa shape index (κ3) is 2.85. The molecule has 1 aromatic carbocycles. The number of rotatable bonds is 4. The highest BCUT2D eigenvalue weighted by Crippen LogP contribution is 2.15. The molecule has 2 rings (SSSR count). The second kappa shape index (κ2) is 5.17.